The molecule has 0 radical (unpaired) electrons. The number of nitrogens with zero attached hydrogens (tertiary/aromatic N) is 1. The highest BCUT2D eigenvalue weighted by Crippen LogP contribution is 2.55. The first-order valence-electron chi connectivity index (χ1n) is 15.9. The van der Waals surface area contributed by atoms with Gasteiger partial charge in [-0.25, -0.2) is 0 Å². The Balaban J connectivity index is 1.31. The highest BCUT2D eigenvalue weighted by atomic mass is 16.3. The van der Waals surface area contributed by atoms with E-state index < -0.39 is 0 Å². The fourth-order valence-electron chi connectivity index (χ4n) is 7.57. The van der Waals surface area contributed by atoms with Gasteiger partial charge < -0.3 is 9.32 Å². The minimum atomic E-state index is -0.382. The number of hydrogen-bond donors (Lipinski definition) is 0. The molecule has 218 valence electrons. The Hall–Kier alpha value is -5.86. The summed E-state index contributed by atoms with van der Waals surface area (Å²) in [6.45, 7) is 2.36. The van der Waals surface area contributed by atoms with Gasteiger partial charge in [-0.05, 0) is 76.7 Å². The van der Waals surface area contributed by atoms with E-state index in [-0.39, 0.29) is 5.41 Å². The summed E-state index contributed by atoms with van der Waals surface area (Å²) in [7, 11) is 0. The van der Waals surface area contributed by atoms with Crippen molar-refractivity contribution in [1.82, 2.24) is 0 Å². The molecule has 0 amide bonds. The van der Waals surface area contributed by atoms with Crippen molar-refractivity contribution < 1.29 is 4.42 Å². The maximum Gasteiger partial charge on any atom is 0.141 e. The molecule has 7 aromatic carbocycles. The average Bonchev–Trinajstić information content (AvgIpc) is 3.64. The molecule has 2 heteroatoms. The van der Waals surface area contributed by atoms with Gasteiger partial charge in [-0.2, -0.15) is 0 Å². The monoisotopic (exact) mass is 589 g/mol. The Bertz CT molecular complexity index is 2320. The second-order valence-electron chi connectivity index (χ2n) is 12.2. The predicted molar refractivity (Wildman–Crippen MR) is 191 cm³/mol. The van der Waals surface area contributed by atoms with Crippen LogP contribution in [0, 0.1) is 0 Å². The molecule has 1 aromatic heterocycles. The third-order valence-corrected chi connectivity index (χ3v) is 9.75. The summed E-state index contributed by atoms with van der Waals surface area (Å²) in [4.78, 5) is 2.36. The highest BCUT2D eigenvalue weighted by molar-refractivity contribution is 6.15. The smallest absolute Gasteiger partial charge is 0.141 e. The van der Waals surface area contributed by atoms with Crippen LogP contribution in [-0.2, 0) is 5.41 Å². The summed E-state index contributed by atoms with van der Waals surface area (Å²) in [5, 5.41) is 2.23. The zero-order valence-corrected chi connectivity index (χ0v) is 25.5. The van der Waals surface area contributed by atoms with Crippen molar-refractivity contribution >= 4 is 39.0 Å². The van der Waals surface area contributed by atoms with E-state index in [0.717, 1.165) is 39.0 Å². The molecule has 1 aliphatic rings. The first kappa shape index (κ1) is 26.5. The molecule has 0 fully saturated rings. The number of hydrogen-bond acceptors (Lipinski definition) is 2. The van der Waals surface area contributed by atoms with Crippen molar-refractivity contribution in [2.45, 2.75) is 12.3 Å². The van der Waals surface area contributed by atoms with Gasteiger partial charge in [-0.15, -0.1) is 0 Å². The van der Waals surface area contributed by atoms with Crippen LogP contribution in [0.3, 0.4) is 0 Å². The van der Waals surface area contributed by atoms with Gasteiger partial charge in [0, 0.05) is 27.7 Å². The van der Waals surface area contributed by atoms with E-state index in [2.05, 4.69) is 182 Å². The maximum absolute atomic E-state index is 6.90. The van der Waals surface area contributed by atoms with Crippen molar-refractivity contribution in [2.75, 3.05) is 4.90 Å². The van der Waals surface area contributed by atoms with Crippen LogP contribution in [-0.4, -0.2) is 0 Å². The summed E-state index contributed by atoms with van der Waals surface area (Å²) < 4.78 is 6.90. The average molecular weight is 590 g/mol. The topological polar surface area (TPSA) is 16.4 Å². The van der Waals surface area contributed by atoms with Crippen LogP contribution in [0.4, 0.5) is 17.1 Å². The van der Waals surface area contributed by atoms with E-state index in [4.69, 9.17) is 4.42 Å². The molecule has 0 saturated carbocycles. The van der Waals surface area contributed by atoms with Gasteiger partial charge in [0.05, 0.1) is 11.1 Å². The number of furan rings is 1. The molecule has 0 N–H and O–H groups in total. The minimum absolute atomic E-state index is 0.382. The van der Waals surface area contributed by atoms with E-state index in [1.165, 1.54) is 38.9 Å². The van der Waals surface area contributed by atoms with Crippen molar-refractivity contribution in [3.05, 3.63) is 187 Å². The zero-order valence-electron chi connectivity index (χ0n) is 25.5. The quantitative estimate of drug-likeness (QED) is 0.199. The first-order valence-corrected chi connectivity index (χ1v) is 15.9. The summed E-state index contributed by atoms with van der Waals surface area (Å²) in [6.07, 6.45) is 0. The molecule has 0 saturated heterocycles. The summed E-state index contributed by atoms with van der Waals surface area (Å²) in [5.74, 6) is 0. The number of benzene rings is 7. The van der Waals surface area contributed by atoms with Crippen molar-refractivity contribution in [2.24, 2.45) is 0 Å². The molecule has 2 nitrogen and oxygen atoms in total. The lowest BCUT2D eigenvalue weighted by Crippen LogP contribution is -2.23. The largest absolute Gasteiger partial charge is 0.456 e. The van der Waals surface area contributed by atoms with Crippen LogP contribution < -0.4 is 4.90 Å². The van der Waals surface area contributed by atoms with Crippen molar-refractivity contribution in [3.8, 4) is 22.3 Å². The molecule has 0 spiro atoms. The summed E-state index contributed by atoms with van der Waals surface area (Å²) in [5.41, 5.74) is 13.5. The SMILES string of the molecule is CC1(c2ccc(N(c3ccccc3)c3ccc(-c4ccccc4)cc3)c3c2oc2ccccc23)c2ccccc2-c2ccccc21. The van der Waals surface area contributed by atoms with Crippen molar-refractivity contribution in [3.63, 3.8) is 0 Å². The molecule has 0 atom stereocenters. The van der Waals surface area contributed by atoms with Crippen LogP contribution in [0.1, 0.15) is 23.6 Å². The molecule has 0 bridgehead atoms. The molecular formula is C44H31NO. The van der Waals surface area contributed by atoms with Gasteiger partial charge in [0.15, 0.2) is 0 Å². The molecule has 1 aliphatic carbocycles. The summed E-state index contributed by atoms with van der Waals surface area (Å²) in [6, 6.07) is 60.8. The van der Waals surface area contributed by atoms with Gasteiger partial charge >= 0.3 is 0 Å². The molecule has 0 unspecified atom stereocenters. The lowest BCUT2D eigenvalue weighted by Gasteiger charge is -2.31. The molecule has 9 rings (SSSR count). The summed E-state index contributed by atoms with van der Waals surface area (Å²) >= 11 is 0. The third kappa shape index (κ3) is 3.90. The lowest BCUT2D eigenvalue weighted by atomic mass is 9.73. The molecule has 1 heterocycles. The van der Waals surface area contributed by atoms with E-state index in [0.29, 0.717) is 0 Å². The normalized spacial score (nSPS) is 13.1. The molecule has 46 heavy (non-hydrogen) atoms. The Kier molecular flexibility index (Phi) is 5.97. The Morgan fingerprint density at radius 1 is 0.457 bits per heavy atom. The number of fused-ring (bicyclic) bond motifs is 6. The minimum Gasteiger partial charge on any atom is -0.456 e. The van der Waals surface area contributed by atoms with Crippen LogP contribution in [0.15, 0.2) is 174 Å². The number of anilines is 3. The van der Waals surface area contributed by atoms with Crippen LogP contribution >= 0.6 is 0 Å². The molecule has 0 aliphatic heterocycles. The van der Waals surface area contributed by atoms with Gasteiger partial charge in [-0.1, -0.05) is 133 Å². The fraction of sp³-hybridized carbons (Fsp3) is 0.0455. The lowest BCUT2D eigenvalue weighted by molar-refractivity contribution is 0.638. The first-order chi connectivity index (χ1) is 22.7. The molecule has 8 aromatic rings. The van der Waals surface area contributed by atoms with E-state index in [1.807, 2.05) is 0 Å². The van der Waals surface area contributed by atoms with E-state index in [9.17, 15) is 0 Å². The van der Waals surface area contributed by atoms with E-state index >= 15 is 0 Å². The van der Waals surface area contributed by atoms with Gasteiger partial charge in [-0.3, -0.25) is 0 Å². The highest BCUT2D eigenvalue weighted by Gasteiger charge is 2.42. The fourth-order valence-corrected chi connectivity index (χ4v) is 7.57. The Labute approximate surface area is 268 Å². The molecular weight excluding hydrogens is 558 g/mol. The zero-order chi connectivity index (χ0) is 30.7. The number of para-hydroxylation sites is 2. The van der Waals surface area contributed by atoms with Crippen LogP contribution in [0.5, 0.6) is 0 Å². The Morgan fingerprint density at radius 3 is 1.70 bits per heavy atom. The third-order valence-electron chi connectivity index (χ3n) is 9.75. The van der Waals surface area contributed by atoms with Gasteiger partial charge in [0.1, 0.15) is 11.2 Å². The van der Waals surface area contributed by atoms with Gasteiger partial charge in [0.2, 0.25) is 0 Å². The van der Waals surface area contributed by atoms with Crippen LogP contribution in [0.25, 0.3) is 44.2 Å². The second-order valence-corrected chi connectivity index (χ2v) is 12.2. The standard InChI is InChI=1S/C44H31NO/c1-44(37-21-11-8-18-34(37)35-19-9-12-22-38(35)44)39-28-29-40(42-36-20-10-13-23-41(36)46-43(39)42)45(32-16-6-3-7-17-32)33-26-24-31(25-27-33)30-14-4-2-5-15-30/h2-29H,1H3. The number of rotatable bonds is 5. The second kappa shape index (κ2) is 10.4. The Morgan fingerprint density at radius 2 is 1.00 bits per heavy atom. The van der Waals surface area contributed by atoms with Gasteiger partial charge in [0.25, 0.3) is 0 Å². The van der Waals surface area contributed by atoms with E-state index in [1.54, 1.807) is 0 Å². The maximum atomic E-state index is 6.90. The predicted octanol–water partition coefficient (Wildman–Crippen LogP) is 12.1. The van der Waals surface area contributed by atoms with Crippen molar-refractivity contribution in [1.29, 1.82) is 0 Å². The van der Waals surface area contributed by atoms with Crippen LogP contribution in [0.2, 0.25) is 0 Å².